The van der Waals surface area contributed by atoms with Crippen LogP contribution in [0.5, 0.6) is 0 Å². The van der Waals surface area contributed by atoms with Crippen molar-refractivity contribution in [3.8, 4) is 0 Å². The Morgan fingerprint density at radius 1 is 1.58 bits per heavy atom. The Kier molecular flexibility index (Phi) is 1.99. The van der Waals surface area contributed by atoms with Crippen molar-refractivity contribution in [3.63, 3.8) is 0 Å². The number of halogens is 3. The minimum absolute atomic E-state index is 0.107. The summed E-state index contributed by atoms with van der Waals surface area (Å²) in [5.74, 6) is -0.708. The minimum Gasteiger partial charge on any atom is -0.353 e. The highest BCUT2D eigenvalue weighted by atomic mass is 19.4. The van der Waals surface area contributed by atoms with E-state index < -0.39 is 17.8 Å². The van der Waals surface area contributed by atoms with Crippen LogP contribution >= 0.6 is 0 Å². The first kappa shape index (κ1) is 8.89. The Bertz CT molecular complexity index is 233. The molecule has 6 heteroatoms. The van der Waals surface area contributed by atoms with E-state index in [1.807, 2.05) is 0 Å². The molecule has 1 aliphatic rings. The highest BCUT2D eigenvalue weighted by molar-refractivity contribution is 5.89. The highest BCUT2D eigenvalue weighted by Gasteiger charge is 2.38. The van der Waals surface area contributed by atoms with Crippen LogP contribution < -0.4 is 5.32 Å². The summed E-state index contributed by atoms with van der Waals surface area (Å²) in [4.78, 5) is 11.5. The van der Waals surface area contributed by atoms with Gasteiger partial charge in [0.05, 0.1) is 6.67 Å². The predicted molar refractivity (Wildman–Crippen MR) is 34.9 cm³/mol. The van der Waals surface area contributed by atoms with Gasteiger partial charge in [-0.3, -0.25) is 4.79 Å². The lowest BCUT2D eigenvalue weighted by Crippen LogP contribution is -2.43. The number of carbonyl (C=O) groups is 1. The van der Waals surface area contributed by atoms with Gasteiger partial charge in [0.2, 0.25) is 5.91 Å². The molecule has 0 spiro atoms. The smallest absolute Gasteiger partial charge is 0.353 e. The molecule has 0 unspecified atom stereocenters. The van der Waals surface area contributed by atoms with Crippen LogP contribution in [0, 0.1) is 0 Å². The molecule has 0 aromatic heterocycles. The van der Waals surface area contributed by atoms with E-state index in [4.69, 9.17) is 0 Å². The van der Waals surface area contributed by atoms with Crippen molar-refractivity contribution < 1.29 is 18.0 Å². The summed E-state index contributed by atoms with van der Waals surface area (Å²) in [5, 5.41) is 2.24. The number of hydrogen-bond acceptors (Lipinski definition) is 2. The summed E-state index contributed by atoms with van der Waals surface area (Å²) in [7, 11) is 1.26. The lowest BCUT2D eigenvalue weighted by molar-refractivity contribution is -0.126. The molecule has 3 nitrogen and oxygen atoms in total. The van der Waals surface area contributed by atoms with Crippen LogP contribution in [0.25, 0.3) is 0 Å². The lowest BCUT2D eigenvalue weighted by atomic mass is 10.3. The van der Waals surface area contributed by atoms with Gasteiger partial charge >= 0.3 is 6.18 Å². The van der Waals surface area contributed by atoms with E-state index in [-0.39, 0.29) is 6.67 Å². The quantitative estimate of drug-likeness (QED) is 0.587. The van der Waals surface area contributed by atoms with Gasteiger partial charge in [0.15, 0.2) is 0 Å². The molecule has 0 saturated carbocycles. The normalized spacial score (nSPS) is 18.8. The molecule has 1 N–H and O–H groups in total. The molecule has 68 valence electrons. The Labute approximate surface area is 66.8 Å². The monoisotopic (exact) mass is 180 g/mol. The van der Waals surface area contributed by atoms with E-state index in [1.54, 1.807) is 0 Å². The van der Waals surface area contributed by atoms with Crippen molar-refractivity contribution in [1.82, 2.24) is 10.2 Å². The molecule has 0 atom stereocenters. The van der Waals surface area contributed by atoms with Gasteiger partial charge in [-0.25, -0.2) is 0 Å². The second-order valence-electron chi connectivity index (χ2n) is 2.42. The first-order valence-electron chi connectivity index (χ1n) is 3.19. The molecule has 1 aliphatic heterocycles. The van der Waals surface area contributed by atoms with Crippen LogP contribution in [0.4, 0.5) is 13.2 Å². The van der Waals surface area contributed by atoms with E-state index in [9.17, 15) is 18.0 Å². The van der Waals surface area contributed by atoms with Crippen LogP contribution in [0.2, 0.25) is 0 Å². The number of hydrogen-bond donors (Lipinski definition) is 1. The zero-order chi connectivity index (χ0) is 9.35. The third-order valence-electron chi connectivity index (χ3n) is 1.46. The topological polar surface area (TPSA) is 32.3 Å². The fraction of sp³-hybridized carbons (Fsp3) is 0.500. The SMILES string of the molecule is CN1CNC(=O)C=C1C(F)(F)F. The maximum atomic E-state index is 12.1. The number of amides is 1. The first-order valence-corrected chi connectivity index (χ1v) is 3.19. The maximum absolute atomic E-state index is 12.1. The Balaban J connectivity index is 2.92. The number of alkyl halides is 3. The molecule has 0 fully saturated rings. The van der Waals surface area contributed by atoms with Crippen molar-refractivity contribution in [2.24, 2.45) is 0 Å². The molecular weight excluding hydrogens is 173 g/mol. The Hall–Kier alpha value is -1.20. The van der Waals surface area contributed by atoms with E-state index >= 15 is 0 Å². The van der Waals surface area contributed by atoms with Gasteiger partial charge in [-0.15, -0.1) is 0 Å². The van der Waals surface area contributed by atoms with E-state index in [1.165, 1.54) is 7.05 Å². The van der Waals surface area contributed by atoms with Crippen LogP contribution in [-0.4, -0.2) is 30.7 Å². The molecule has 0 bridgehead atoms. The number of nitrogens with zero attached hydrogens (tertiary/aromatic N) is 1. The van der Waals surface area contributed by atoms with Gasteiger partial charge in [0.25, 0.3) is 0 Å². The average Bonchev–Trinajstić information content (AvgIpc) is 1.92. The van der Waals surface area contributed by atoms with Gasteiger partial charge in [-0.1, -0.05) is 0 Å². The second-order valence-corrected chi connectivity index (χ2v) is 2.42. The van der Waals surface area contributed by atoms with Gasteiger partial charge in [-0.2, -0.15) is 13.2 Å². The van der Waals surface area contributed by atoms with Gasteiger partial charge < -0.3 is 10.2 Å². The van der Waals surface area contributed by atoms with Gasteiger partial charge in [-0.05, 0) is 0 Å². The molecule has 0 aromatic rings. The van der Waals surface area contributed by atoms with E-state index in [2.05, 4.69) is 5.32 Å². The molecular formula is C6H7F3N2O. The van der Waals surface area contributed by atoms with E-state index in [0.717, 1.165) is 4.90 Å². The third kappa shape index (κ3) is 1.69. The number of allylic oxidation sites excluding steroid dienone is 1. The lowest BCUT2D eigenvalue weighted by Gasteiger charge is -2.27. The van der Waals surface area contributed by atoms with Crippen molar-refractivity contribution in [2.75, 3.05) is 13.7 Å². The van der Waals surface area contributed by atoms with Crippen molar-refractivity contribution in [3.05, 3.63) is 11.8 Å². The summed E-state index contributed by atoms with van der Waals surface area (Å²) < 4.78 is 36.2. The molecule has 0 aliphatic carbocycles. The Morgan fingerprint density at radius 2 is 2.17 bits per heavy atom. The summed E-state index contributed by atoms with van der Waals surface area (Å²) in [5.41, 5.74) is -0.911. The number of nitrogens with one attached hydrogen (secondary N) is 1. The van der Waals surface area contributed by atoms with Crippen LogP contribution in [0.3, 0.4) is 0 Å². The second kappa shape index (κ2) is 2.69. The highest BCUT2D eigenvalue weighted by Crippen LogP contribution is 2.28. The van der Waals surface area contributed by atoms with Crippen LogP contribution in [0.1, 0.15) is 0 Å². The summed E-state index contributed by atoms with van der Waals surface area (Å²) in [6.07, 6.45) is -3.91. The summed E-state index contributed by atoms with van der Waals surface area (Å²) >= 11 is 0. The van der Waals surface area contributed by atoms with Gasteiger partial charge in [0.1, 0.15) is 5.70 Å². The fourth-order valence-electron chi connectivity index (χ4n) is 0.865. The molecule has 1 heterocycles. The van der Waals surface area contributed by atoms with Crippen LogP contribution in [0.15, 0.2) is 11.8 Å². The van der Waals surface area contributed by atoms with Gasteiger partial charge in [0, 0.05) is 13.1 Å². The van der Waals surface area contributed by atoms with Crippen molar-refractivity contribution in [1.29, 1.82) is 0 Å². The predicted octanol–water partition coefficient (Wildman–Crippen LogP) is 0.452. The molecule has 0 aromatic carbocycles. The fourth-order valence-corrected chi connectivity index (χ4v) is 0.865. The standard InChI is InChI=1S/C6H7F3N2O/c1-11-3-10-5(12)2-4(11)6(7,8)9/h2H,3H2,1H3,(H,10,12). The first-order chi connectivity index (χ1) is 5.41. The summed E-state index contributed by atoms with van der Waals surface area (Å²) in [6, 6.07) is 0. The molecule has 0 saturated heterocycles. The van der Waals surface area contributed by atoms with E-state index in [0.29, 0.717) is 6.08 Å². The Morgan fingerprint density at radius 3 is 2.58 bits per heavy atom. The largest absolute Gasteiger partial charge is 0.431 e. The molecule has 1 rings (SSSR count). The molecule has 12 heavy (non-hydrogen) atoms. The molecule has 0 radical (unpaired) electrons. The number of carbonyl (C=O) groups excluding carboxylic acids is 1. The zero-order valence-corrected chi connectivity index (χ0v) is 6.27. The zero-order valence-electron chi connectivity index (χ0n) is 6.27. The average molecular weight is 180 g/mol. The maximum Gasteiger partial charge on any atom is 0.431 e. The van der Waals surface area contributed by atoms with Crippen molar-refractivity contribution in [2.45, 2.75) is 6.18 Å². The van der Waals surface area contributed by atoms with Crippen molar-refractivity contribution >= 4 is 5.91 Å². The summed E-state index contributed by atoms with van der Waals surface area (Å²) in [6.45, 7) is -0.107. The molecule has 1 amide bonds. The third-order valence-corrected chi connectivity index (χ3v) is 1.46. The number of rotatable bonds is 0. The minimum atomic E-state index is -4.45. The van der Waals surface area contributed by atoms with Crippen LogP contribution in [-0.2, 0) is 4.79 Å².